The number of hydrogen-bond acceptors (Lipinski definition) is 4. The van der Waals surface area contributed by atoms with Crippen LogP contribution < -0.4 is 0 Å². The fraction of sp³-hybridized carbons (Fsp3) is 1.00. The number of rotatable bonds is 14. The normalized spacial score (nSPS) is 10.9. The molecular formula is C27H80N2O4+2. The highest BCUT2D eigenvalue weighted by molar-refractivity contribution is 4.50. The van der Waals surface area contributed by atoms with Crippen LogP contribution in [0, 0.1) is 0 Å². The molecule has 220 valence electrons. The zero-order valence-electron chi connectivity index (χ0n) is 16.6. The molecule has 0 aliphatic rings. The Kier molecular flexibility index (Phi) is 76.8. The highest BCUT2D eigenvalue weighted by Gasteiger charge is 2.30. The Hall–Kier alpha value is -0.240. The predicted molar refractivity (Wildman–Crippen MR) is 161 cm³/mol. The van der Waals surface area contributed by atoms with E-state index >= 15 is 0 Å². The van der Waals surface area contributed by atoms with Gasteiger partial charge in [0.15, 0.2) is 0 Å². The molecule has 0 aliphatic heterocycles. The maximum Gasteiger partial charge on any atom is 0.206 e. The van der Waals surface area contributed by atoms with E-state index in [9.17, 15) is 0 Å². The second-order valence-corrected chi connectivity index (χ2v) is 7.73. The molecule has 0 radical (unpaired) electrons. The molecule has 2 atom stereocenters. The maximum absolute atomic E-state index is 5.79. The van der Waals surface area contributed by atoms with Crippen molar-refractivity contribution in [1.82, 2.24) is 0 Å². The number of likely N-dealkylation sites (N-methyl/N-ethyl adjacent to an activating group) is 2. The minimum absolute atomic E-state index is 0. The topological polar surface area (TPSA) is 36.9 Å². The summed E-state index contributed by atoms with van der Waals surface area (Å²) in [5, 5.41) is 0. The van der Waals surface area contributed by atoms with Crippen LogP contribution in [0.3, 0.4) is 0 Å². The molecule has 6 nitrogen and oxygen atoms in total. The van der Waals surface area contributed by atoms with Gasteiger partial charge in [0.25, 0.3) is 0 Å². The van der Waals surface area contributed by atoms with Gasteiger partial charge in [-0.15, -0.1) is 0 Å². The monoisotopic (exact) mass is 497 g/mol. The van der Waals surface area contributed by atoms with Gasteiger partial charge in [-0.1, -0.05) is 74.3 Å². The number of ether oxygens (including phenoxy) is 4. The quantitative estimate of drug-likeness (QED) is 0.141. The van der Waals surface area contributed by atoms with Gasteiger partial charge in [-0.3, -0.25) is 8.97 Å². The van der Waals surface area contributed by atoms with Crippen molar-refractivity contribution in [2.75, 3.05) is 88.6 Å². The van der Waals surface area contributed by atoms with Gasteiger partial charge in [-0.25, -0.2) is 0 Å². The number of hydrogen-bond donors (Lipinski definition) is 0. The van der Waals surface area contributed by atoms with E-state index in [0.717, 1.165) is 28.7 Å². The molecule has 0 aromatic heterocycles. The van der Waals surface area contributed by atoms with Crippen LogP contribution in [0.1, 0.15) is 88.1 Å². The molecule has 33 heavy (non-hydrogen) atoms. The fourth-order valence-electron chi connectivity index (χ4n) is 3.31. The molecule has 0 fully saturated rings. The molecule has 0 heterocycles. The summed E-state index contributed by atoms with van der Waals surface area (Å²) in [7, 11) is 12.4. The summed E-state index contributed by atoms with van der Waals surface area (Å²) >= 11 is 0. The van der Waals surface area contributed by atoms with E-state index in [-0.39, 0.29) is 86.5 Å². The minimum atomic E-state index is 0. The van der Waals surface area contributed by atoms with Crippen LogP contribution in [0.4, 0.5) is 0 Å². The van der Waals surface area contributed by atoms with Crippen molar-refractivity contribution in [3.05, 3.63) is 0 Å². The van der Waals surface area contributed by atoms with Gasteiger partial charge < -0.3 is 18.9 Å². The van der Waals surface area contributed by atoms with Gasteiger partial charge in [0.05, 0.1) is 54.6 Å². The van der Waals surface area contributed by atoms with Crippen LogP contribution in [0.5, 0.6) is 0 Å². The fourth-order valence-corrected chi connectivity index (χ4v) is 3.31. The lowest BCUT2D eigenvalue weighted by atomic mass is 10.3. The Bertz CT molecular complexity index is 274. The Morgan fingerprint density at radius 2 is 0.727 bits per heavy atom. The third kappa shape index (κ3) is 42.4. The maximum atomic E-state index is 5.79. The Labute approximate surface area is 217 Å². The number of quaternary nitrogens is 2. The van der Waals surface area contributed by atoms with E-state index in [0.29, 0.717) is 26.4 Å². The van der Waals surface area contributed by atoms with Crippen LogP contribution >= 0.6 is 0 Å². The molecule has 0 saturated heterocycles. The number of nitrogens with zero attached hydrogens (tertiary/aromatic N) is 2. The SMILES string of the molecule is C.C.C.C.C.C.C.C.C.C.COCCOC(C)C[N+](C)(C)C[N+](C)(C)CC(C)OCCOC. The molecule has 0 saturated carbocycles. The van der Waals surface area contributed by atoms with Crippen molar-refractivity contribution in [2.45, 2.75) is 100 Å². The van der Waals surface area contributed by atoms with E-state index in [1.165, 1.54) is 0 Å². The lowest BCUT2D eigenvalue weighted by Gasteiger charge is -2.40. The molecule has 0 aromatic carbocycles. The van der Waals surface area contributed by atoms with Gasteiger partial charge in [0.2, 0.25) is 6.67 Å². The second kappa shape index (κ2) is 36.3. The Balaban J connectivity index is -0.0000000538. The molecule has 0 aliphatic carbocycles. The summed E-state index contributed by atoms with van der Waals surface area (Å²) in [6, 6.07) is 0. The van der Waals surface area contributed by atoms with Crippen molar-refractivity contribution < 1.29 is 27.9 Å². The lowest BCUT2D eigenvalue weighted by molar-refractivity contribution is -1.07. The molecule has 0 bridgehead atoms. The zero-order chi connectivity index (χ0) is 17.9. The van der Waals surface area contributed by atoms with E-state index < -0.39 is 0 Å². The van der Waals surface area contributed by atoms with Gasteiger partial charge in [-0.05, 0) is 13.8 Å². The highest BCUT2D eigenvalue weighted by Crippen LogP contribution is 2.11. The molecule has 0 aromatic rings. The summed E-state index contributed by atoms with van der Waals surface area (Å²) in [4.78, 5) is 0. The largest absolute Gasteiger partial charge is 0.382 e. The van der Waals surface area contributed by atoms with Crippen molar-refractivity contribution in [1.29, 1.82) is 0 Å². The van der Waals surface area contributed by atoms with Crippen molar-refractivity contribution in [3.8, 4) is 0 Å². The van der Waals surface area contributed by atoms with E-state index in [1.54, 1.807) is 14.2 Å². The standard InChI is InChI=1S/C17H40N2O4.10CH4/c1-16(22-11-9-20-7)13-18(3,4)15-19(5,6)14-17(2)23-12-10-21-8;;;;;;;;;;/h16-17H,9-15H2,1-8H3;10*1H4/q+2;;;;;;;;;;. The second-order valence-electron chi connectivity index (χ2n) is 7.73. The summed E-state index contributed by atoms with van der Waals surface area (Å²) in [5.41, 5.74) is 0. The average Bonchev–Trinajstić information content (AvgIpc) is 2.36. The van der Waals surface area contributed by atoms with Crippen molar-refractivity contribution in [2.24, 2.45) is 0 Å². The van der Waals surface area contributed by atoms with Crippen LogP contribution in [-0.4, -0.2) is 110 Å². The van der Waals surface area contributed by atoms with E-state index in [1.807, 2.05) is 0 Å². The predicted octanol–water partition coefficient (Wildman–Crippen LogP) is 7.56. The van der Waals surface area contributed by atoms with Crippen LogP contribution in [0.15, 0.2) is 0 Å². The highest BCUT2D eigenvalue weighted by atomic mass is 16.5. The summed E-state index contributed by atoms with van der Waals surface area (Å²) in [6.07, 6.45) is 0.436. The van der Waals surface area contributed by atoms with Crippen LogP contribution in [-0.2, 0) is 18.9 Å². The zero-order valence-corrected chi connectivity index (χ0v) is 16.6. The van der Waals surface area contributed by atoms with Crippen molar-refractivity contribution in [3.63, 3.8) is 0 Å². The molecule has 0 rings (SSSR count). The summed E-state index contributed by atoms with van der Waals surface area (Å²) < 4.78 is 23.5. The third-order valence-electron chi connectivity index (χ3n) is 3.65. The molecule has 2 unspecified atom stereocenters. The van der Waals surface area contributed by atoms with Gasteiger partial charge >= 0.3 is 0 Å². The third-order valence-corrected chi connectivity index (χ3v) is 3.65. The van der Waals surface area contributed by atoms with E-state index in [2.05, 4.69) is 42.0 Å². The molecule has 0 spiro atoms. The van der Waals surface area contributed by atoms with Gasteiger partial charge in [0, 0.05) is 14.2 Å². The first-order valence-corrected chi connectivity index (χ1v) is 8.47. The smallest absolute Gasteiger partial charge is 0.206 e. The summed E-state index contributed by atoms with van der Waals surface area (Å²) in [6.45, 7) is 9.84. The lowest BCUT2D eigenvalue weighted by Crippen LogP contribution is -2.59. The van der Waals surface area contributed by atoms with E-state index in [4.69, 9.17) is 18.9 Å². The van der Waals surface area contributed by atoms with Gasteiger partial charge in [0.1, 0.15) is 25.3 Å². The van der Waals surface area contributed by atoms with Gasteiger partial charge in [-0.2, -0.15) is 0 Å². The molecule has 0 N–H and O–H groups in total. The van der Waals surface area contributed by atoms with Crippen LogP contribution in [0.25, 0.3) is 0 Å². The first-order chi connectivity index (χ1) is 10.6. The first kappa shape index (κ1) is 69.8. The molecule has 0 amide bonds. The Morgan fingerprint density at radius 3 is 0.939 bits per heavy atom. The first-order valence-electron chi connectivity index (χ1n) is 8.47. The summed E-state index contributed by atoms with van der Waals surface area (Å²) in [5.74, 6) is 0. The van der Waals surface area contributed by atoms with Crippen LogP contribution in [0.2, 0.25) is 0 Å². The molecular weight excluding hydrogens is 416 g/mol. The number of methoxy groups -OCH3 is 2. The minimum Gasteiger partial charge on any atom is -0.382 e. The Morgan fingerprint density at radius 1 is 0.485 bits per heavy atom. The average molecular weight is 497 g/mol. The molecule has 6 heteroatoms. The van der Waals surface area contributed by atoms with Crippen molar-refractivity contribution >= 4 is 0 Å².